The van der Waals surface area contributed by atoms with E-state index in [1.165, 1.54) is 42.0 Å². The summed E-state index contributed by atoms with van der Waals surface area (Å²) in [6.45, 7) is 3.40. The largest absolute Gasteiger partial charge is 0.310 e. The summed E-state index contributed by atoms with van der Waals surface area (Å²) in [7, 11) is 0. The van der Waals surface area contributed by atoms with Gasteiger partial charge in [0.25, 0.3) is 0 Å². The van der Waals surface area contributed by atoms with Crippen molar-refractivity contribution in [2.75, 3.05) is 0 Å². The van der Waals surface area contributed by atoms with Crippen molar-refractivity contribution < 1.29 is 0 Å². The van der Waals surface area contributed by atoms with Gasteiger partial charge in [0, 0.05) is 12.6 Å². The third kappa shape index (κ3) is 2.60. The molecule has 4 rings (SSSR count). The lowest BCUT2D eigenvalue weighted by atomic mass is 9.84. The topological polar surface area (TPSA) is 12.0 Å². The summed E-state index contributed by atoms with van der Waals surface area (Å²) in [5.74, 6) is 2.98. The fourth-order valence-corrected chi connectivity index (χ4v) is 4.69. The van der Waals surface area contributed by atoms with Crippen LogP contribution in [0.5, 0.6) is 0 Å². The number of hydrogen-bond donors (Lipinski definition) is 1. The van der Waals surface area contributed by atoms with E-state index in [0.717, 1.165) is 24.3 Å². The highest BCUT2D eigenvalue weighted by Crippen LogP contribution is 2.49. The lowest BCUT2D eigenvalue weighted by Gasteiger charge is -2.28. The van der Waals surface area contributed by atoms with Crippen LogP contribution in [-0.4, -0.2) is 6.04 Å². The molecule has 0 radical (unpaired) electrons. The van der Waals surface area contributed by atoms with Crippen molar-refractivity contribution in [1.82, 2.24) is 5.32 Å². The molecule has 0 saturated heterocycles. The van der Waals surface area contributed by atoms with Crippen LogP contribution in [-0.2, 0) is 6.54 Å². The lowest BCUT2D eigenvalue weighted by molar-refractivity contribution is 0.259. The number of nitrogens with one attached hydrogen (secondary N) is 1. The Morgan fingerprint density at radius 1 is 1.05 bits per heavy atom. The quantitative estimate of drug-likeness (QED) is 0.851. The van der Waals surface area contributed by atoms with Gasteiger partial charge in [-0.1, -0.05) is 42.8 Å². The molecular weight excluding hydrogens is 254 g/mol. The molecular formula is C20H25N. The molecule has 0 amide bonds. The fourth-order valence-electron chi connectivity index (χ4n) is 4.69. The van der Waals surface area contributed by atoms with Gasteiger partial charge in [-0.25, -0.2) is 0 Å². The minimum Gasteiger partial charge on any atom is -0.310 e. The molecule has 2 fully saturated rings. The predicted molar refractivity (Wildman–Crippen MR) is 89.2 cm³/mol. The minimum absolute atomic E-state index is 0.659. The van der Waals surface area contributed by atoms with Crippen LogP contribution in [0.1, 0.15) is 38.2 Å². The van der Waals surface area contributed by atoms with Crippen molar-refractivity contribution in [2.45, 2.75) is 45.2 Å². The van der Waals surface area contributed by atoms with Gasteiger partial charge in [-0.15, -0.1) is 0 Å². The normalized spacial score (nSPS) is 29.1. The summed E-state index contributed by atoms with van der Waals surface area (Å²) in [5.41, 5.74) is 1.41. The van der Waals surface area contributed by atoms with Gasteiger partial charge in [-0.2, -0.15) is 0 Å². The Morgan fingerprint density at radius 2 is 1.90 bits per heavy atom. The van der Waals surface area contributed by atoms with Gasteiger partial charge in [-0.05, 0) is 66.3 Å². The maximum atomic E-state index is 3.79. The number of benzene rings is 2. The number of fused-ring (bicyclic) bond motifs is 3. The van der Waals surface area contributed by atoms with E-state index < -0.39 is 0 Å². The van der Waals surface area contributed by atoms with Crippen LogP contribution in [0.25, 0.3) is 10.8 Å². The first kappa shape index (κ1) is 13.3. The molecule has 2 aromatic carbocycles. The van der Waals surface area contributed by atoms with Crippen LogP contribution in [0.4, 0.5) is 0 Å². The average Bonchev–Trinajstić information content (AvgIpc) is 3.15. The molecule has 4 atom stereocenters. The van der Waals surface area contributed by atoms with E-state index in [1.54, 1.807) is 0 Å². The molecule has 0 heterocycles. The Hall–Kier alpha value is -1.34. The van der Waals surface area contributed by atoms with E-state index in [4.69, 9.17) is 0 Å². The SMILES string of the molecule is CC(NCc1ccc2ccccc2c1)C1CC2CCC1C2. The smallest absolute Gasteiger partial charge is 0.0208 e. The molecule has 2 aromatic rings. The van der Waals surface area contributed by atoms with Crippen LogP contribution in [0.3, 0.4) is 0 Å². The summed E-state index contributed by atoms with van der Waals surface area (Å²) < 4.78 is 0. The molecule has 2 saturated carbocycles. The van der Waals surface area contributed by atoms with Crippen molar-refractivity contribution in [3.8, 4) is 0 Å². The van der Waals surface area contributed by atoms with Gasteiger partial charge in [0.2, 0.25) is 0 Å². The lowest BCUT2D eigenvalue weighted by Crippen LogP contribution is -2.35. The first-order valence-electron chi connectivity index (χ1n) is 8.50. The molecule has 21 heavy (non-hydrogen) atoms. The molecule has 2 aliphatic carbocycles. The second-order valence-corrected chi connectivity index (χ2v) is 7.19. The van der Waals surface area contributed by atoms with E-state index >= 15 is 0 Å². The Labute approximate surface area is 127 Å². The first-order chi connectivity index (χ1) is 10.3. The van der Waals surface area contributed by atoms with Crippen molar-refractivity contribution in [3.63, 3.8) is 0 Å². The monoisotopic (exact) mass is 279 g/mol. The first-order valence-corrected chi connectivity index (χ1v) is 8.50. The van der Waals surface area contributed by atoms with Gasteiger partial charge < -0.3 is 5.32 Å². The molecule has 0 aliphatic heterocycles. The van der Waals surface area contributed by atoms with Crippen LogP contribution < -0.4 is 5.32 Å². The van der Waals surface area contributed by atoms with Crippen molar-refractivity contribution in [2.24, 2.45) is 17.8 Å². The highest BCUT2D eigenvalue weighted by Gasteiger charge is 2.41. The highest BCUT2D eigenvalue weighted by atomic mass is 14.9. The van der Waals surface area contributed by atoms with Crippen molar-refractivity contribution >= 4 is 10.8 Å². The molecule has 1 nitrogen and oxygen atoms in total. The van der Waals surface area contributed by atoms with Gasteiger partial charge in [0.05, 0.1) is 0 Å². The maximum absolute atomic E-state index is 3.79. The minimum atomic E-state index is 0.659. The average molecular weight is 279 g/mol. The Balaban J connectivity index is 1.41. The Kier molecular flexibility index (Phi) is 3.46. The van der Waals surface area contributed by atoms with Crippen LogP contribution in [0.15, 0.2) is 42.5 Å². The summed E-state index contributed by atoms with van der Waals surface area (Å²) in [6, 6.07) is 16.1. The summed E-state index contributed by atoms with van der Waals surface area (Å²) in [6.07, 6.45) is 5.96. The van der Waals surface area contributed by atoms with Crippen molar-refractivity contribution in [1.29, 1.82) is 0 Å². The van der Waals surface area contributed by atoms with Gasteiger partial charge in [0.15, 0.2) is 0 Å². The van der Waals surface area contributed by atoms with E-state index in [9.17, 15) is 0 Å². The van der Waals surface area contributed by atoms with E-state index in [2.05, 4.69) is 54.7 Å². The predicted octanol–water partition coefficient (Wildman–Crippen LogP) is 4.75. The zero-order chi connectivity index (χ0) is 14.2. The van der Waals surface area contributed by atoms with Crippen molar-refractivity contribution in [3.05, 3.63) is 48.0 Å². The molecule has 4 unspecified atom stereocenters. The summed E-state index contributed by atoms with van der Waals surface area (Å²) in [4.78, 5) is 0. The number of rotatable bonds is 4. The van der Waals surface area contributed by atoms with E-state index in [1.807, 2.05) is 0 Å². The third-order valence-corrected chi connectivity index (χ3v) is 5.88. The van der Waals surface area contributed by atoms with Crippen LogP contribution >= 0.6 is 0 Å². The summed E-state index contributed by atoms with van der Waals surface area (Å²) >= 11 is 0. The Morgan fingerprint density at radius 3 is 2.67 bits per heavy atom. The fraction of sp³-hybridized carbons (Fsp3) is 0.500. The molecule has 0 aromatic heterocycles. The second-order valence-electron chi connectivity index (χ2n) is 7.19. The molecule has 2 aliphatic rings. The highest BCUT2D eigenvalue weighted by molar-refractivity contribution is 5.82. The summed E-state index contributed by atoms with van der Waals surface area (Å²) in [5, 5.41) is 6.48. The van der Waals surface area contributed by atoms with E-state index in [0.29, 0.717) is 6.04 Å². The van der Waals surface area contributed by atoms with Crippen LogP contribution in [0.2, 0.25) is 0 Å². The van der Waals surface area contributed by atoms with Crippen LogP contribution in [0, 0.1) is 17.8 Å². The van der Waals surface area contributed by atoms with Gasteiger partial charge in [0.1, 0.15) is 0 Å². The molecule has 2 bridgehead atoms. The second kappa shape index (κ2) is 5.46. The molecule has 110 valence electrons. The zero-order valence-corrected chi connectivity index (χ0v) is 12.9. The Bertz CT molecular complexity index is 633. The standard InChI is InChI=1S/C20H25N/c1-14(20-12-15-6-9-19(20)10-15)21-13-16-7-8-17-4-2-3-5-18(17)11-16/h2-5,7-8,11,14-15,19-21H,6,9-10,12-13H2,1H3. The zero-order valence-electron chi connectivity index (χ0n) is 12.9. The molecule has 0 spiro atoms. The molecule has 1 N–H and O–H groups in total. The molecule has 1 heteroatoms. The third-order valence-electron chi connectivity index (χ3n) is 5.88. The van der Waals surface area contributed by atoms with E-state index in [-0.39, 0.29) is 0 Å². The van der Waals surface area contributed by atoms with Gasteiger partial charge >= 0.3 is 0 Å². The number of hydrogen-bond acceptors (Lipinski definition) is 1. The van der Waals surface area contributed by atoms with Gasteiger partial charge in [-0.3, -0.25) is 0 Å². The maximum Gasteiger partial charge on any atom is 0.0208 e.